The van der Waals surface area contributed by atoms with E-state index in [4.69, 9.17) is 4.74 Å². The van der Waals surface area contributed by atoms with Gasteiger partial charge in [0, 0.05) is 12.1 Å². The lowest BCUT2D eigenvalue weighted by atomic mass is 10.2. The third-order valence-corrected chi connectivity index (χ3v) is 5.19. The Labute approximate surface area is 154 Å². The molecule has 0 saturated heterocycles. The summed E-state index contributed by atoms with van der Waals surface area (Å²) in [5.74, 6) is 0.474. The minimum atomic E-state index is -3.52. The summed E-state index contributed by atoms with van der Waals surface area (Å²) in [6.07, 6.45) is 0. The van der Waals surface area contributed by atoms with Crippen LogP contribution in [0.3, 0.4) is 0 Å². The summed E-state index contributed by atoms with van der Waals surface area (Å²) >= 11 is 0. The fourth-order valence-corrected chi connectivity index (χ4v) is 3.38. The zero-order chi connectivity index (χ0) is 19.2. The third kappa shape index (κ3) is 5.57. The van der Waals surface area contributed by atoms with Gasteiger partial charge in [-0.25, -0.2) is 13.1 Å². The minimum Gasteiger partial charge on any atom is -0.491 e. The van der Waals surface area contributed by atoms with Gasteiger partial charge in [0.2, 0.25) is 10.0 Å². The Hall–Kier alpha value is -2.38. The minimum absolute atomic E-state index is 0.131. The summed E-state index contributed by atoms with van der Waals surface area (Å²) in [5, 5.41) is 2.84. The summed E-state index contributed by atoms with van der Waals surface area (Å²) in [4.78, 5) is 12.4. The lowest BCUT2D eigenvalue weighted by Crippen LogP contribution is -2.36. The summed E-state index contributed by atoms with van der Waals surface area (Å²) in [6.45, 7) is 6.18. The number of hydrogen-bond donors (Lipinski definition) is 2. The Morgan fingerprint density at radius 1 is 1.15 bits per heavy atom. The Kier molecular flexibility index (Phi) is 6.76. The van der Waals surface area contributed by atoms with Crippen molar-refractivity contribution < 1.29 is 17.9 Å². The van der Waals surface area contributed by atoms with Crippen molar-refractivity contribution in [2.75, 3.05) is 13.2 Å². The molecule has 140 valence electrons. The van der Waals surface area contributed by atoms with Crippen LogP contribution in [0.5, 0.6) is 5.75 Å². The Bertz CT molecular complexity index is 848. The normalized spacial score (nSPS) is 12.4. The molecule has 26 heavy (non-hydrogen) atoms. The van der Waals surface area contributed by atoms with Crippen molar-refractivity contribution >= 4 is 15.9 Å². The molecule has 1 amide bonds. The van der Waals surface area contributed by atoms with Gasteiger partial charge >= 0.3 is 0 Å². The molecule has 0 radical (unpaired) electrons. The van der Waals surface area contributed by atoms with E-state index in [-0.39, 0.29) is 16.8 Å². The number of hydrogen-bond acceptors (Lipinski definition) is 4. The van der Waals surface area contributed by atoms with Gasteiger partial charge in [0.1, 0.15) is 12.4 Å². The monoisotopic (exact) mass is 376 g/mol. The number of nitrogens with one attached hydrogen (secondary N) is 2. The number of carbonyl (C=O) groups excluding carboxylic acids is 1. The predicted octanol–water partition coefficient (Wildman–Crippen LogP) is 2.49. The maximum Gasteiger partial charge on any atom is 0.251 e. The molecule has 0 saturated carbocycles. The molecular formula is C19H24N2O4S. The van der Waals surface area contributed by atoms with Crippen LogP contribution >= 0.6 is 0 Å². The summed E-state index contributed by atoms with van der Waals surface area (Å²) in [5.41, 5.74) is 1.50. The first kappa shape index (κ1) is 19.9. The van der Waals surface area contributed by atoms with Gasteiger partial charge in [-0.1, -0.05) is 19.1 Å². The molecule has 0 aliphatic carbocycles. The highest BCUT2D eigenvalue weighted by Crippen LogP contribution is 2.13. The van der Waals surface area contributed by atoms with Gasteiger partial charge in [-0.2, -0.15) is 0 Å². The number of benzene rings is 2. The van der Waals surface area contributed by atoms with Crippen LogP contribution in [0, 0.1) is 6.92 Å². The first-order valence-corrected chi connectivity index (χ1v) is 9.90. The summed E-state index contributed by atoms with van der Waals surface area (Å²) in [6, 6.07) is 13.3. The molecule has 1 unspecified atom stereocenters. The van der Waals surface area contributed by atoms with Crippen molar-refractivity contribution in [1.29, 1.82) is 0 Å². The fraction of sp³-hybridized carbons (Fsp3) is 0.316. The van der Waals surface area contributed by atoms with Crippen molar-refractivity contribution in [3.63, 3.8) is 0 Å². The molecule has 6 nitrogen and oxygen atoms in total. The summed E-state index contributed by atoms with van der Waals surface area (Å²) in [7, 11) is -3.52. The van der Waals surface area contributed by atoms with E-state index < -0.39 is 10.0 Å². The Morgan fingerprint density at radius 2 is 1.85 bits per heavy atom. The van der Waals surface area contributed by atoms with E-state index in [0.29, 0.717) is 18.7 Å². The second-order valence-electron chi connectivity index (χ2n) is 6.03. The average Bonchev–Trinajstić information content (AvgIpc) is 2.60. The molecule has 0 aromatic heterocycles. The largest absolute Gasteiger partial charge is 0.491 e. The van der Waals surface area contributed by atoms with Crippen molar-refractivity contribution in [2.45, 2.75) is 31.7 Å². The zero-order valence-electron chi connectivity index (χ0n) is 15.2. The highest BCUT2D eigenvalue weighted by molar-refractivity contribution is 7.89. The van der Waals surface area contributed by atoms with E-state index >= 15 is 0 Å². The molecule has 2 N–H and O–H groups in total. The van der Waals surface area contributed by atoms with Crippen molar-refractivity contribution in [3.05, 3.63) is 59.7 Å². The molecule has 1 atom stereocenters. The molecule has 0 aliphatic rings. The van der Waals surface area contributed by atoms with Gasteiger partial charge in [0.05, 0.1) is 10.9 Å². The van der Waals surface area contributed by atoms with Crippen LogP contribution in [-0.4, -0.2) is 33.5 Å². The number of carbonyl (C=O) groups is 1. The maximum atomic E-state index is 12.3. The molecular weight excluding hydrogens is 352 g/mol. The van der Waals surface area contributed by atoms with Crippen LogP contribution in [0.1, 0.15) is 29.8 Å². The number of ether oxygens (including phenoxy) is 1. The van der Waals surface area contributed by atoms with Crippen molar-refractivity contribution in [3.8, 4) is 5.75 Å². The fourth-order valence-electron chi connectivity index (χ4n) is 2.33. The standard InChI is InChI=1S/C19H24N2O4S/c1-4-20-26(23,24)18-10-8-16(9-11-18)19(22)21-15(3)13-25-17-7-5-6-14(2)12-17/h5-12,15,20H,4,13H2,1-3H3,(H,21,22). The van der Waals surface area contributed by atoms with E-state index in [2.05, 4.69) is 10.0 Å². The molecule has 0 aliphatic heterocycles. The molecule has 2 aromatic carbocycles. The lowest BCUT2D eigenvalue weighted by molar-refractivity contribution is 0.0926. The molecule has 0 fully saturated rings. The van der Waals surface area contributed by atoms with Gasteiger partial charge in [-0.3, -0.25) is 4.79 Å². The quantitative estimate of drug-likeness (QED) is 0.741. The van der Waals surface area contributed by atoms with Crippen LogP contribution in [0.15, 0.2) is 53.4 Å². The zero-order valence-corrected chi connectivity index (χ0v) is 16.0. The van der Waals surface area contributed by atoms with Crippen molar-refractivity contribution in [2.24, 2.45) is 0 Å². The van der Waals surface area contributed by atoms with Crippen LogP contribution < -0.4 is 14.8 Å². The molecule has 2 rings (SSSR count). The number of amides is 1. The molecule has 0 spiro atoms. The van der Waals surface area contributed by atoms with E-state index in [1.165, 1.54) is 24.3 Å². The van der Waals surface area contributed by atoms with Gasteiger partial charge in [-0.15, -0.1) is 0 Å². The number of sulfonamides is 1. The smallest absolute Gasteiger partial charge is 0.251 e. The SMILES string of the molecule is CCNS(=O)(=O)c1ccc(C(=O)NC(C)COc2cccc(C)c2)cc1. The van der Waals surface area contributed by atoms with Gasteiger partial charge < -0.3 is 10.1 Å². The first-order valence-electron chi connectivity index (χ1n) is 8.42. The molecule has 7 heteroatoms. The van der Waals surface area contributed by atoms with Crippen molar-refractivity contribution in [1.82, 2.24) is 10.0 Å². The molecule has 0 heterocycles. The molecule has 0 bridgehead atoms. The lowest BCUT2D eigenvalue weighted by Gasteiger charge is -2.15. The summed E-state index contributed by atoms with van der Waals surface area (Å²) < 4.78 is 31.9. The van der Waals surface area contributed by atoms with E-state index in [0.717, 1.165) is 11.3 Å². The average molecular weight is 376 g/mol. The third-order valence-electron chi connectivity index (χ3n) is 3.63. The van der Waals surface area contributed by atoms with Crippen LogP contribution in [0.25, 0.3) is 0 Å². The number of rotatable bonds is 8. The second-order valence-corrected chi connectivity index (χ2v) is 7.79. The number of aryl methyl sites for hydroxylation is 1. The maximum absolute atomic E-state index is 12.3. The van der Waals surface area contributed by atoms with Crippen LogP contribution in [0.4, 0.5) is 0 Å². The van der Waals surface area contributed by atoms with Crippen LogP contribution in [0.2, 0.25) is 0 Å². The molecule has 2 aromatic rings. The highest BCUT2D eigenvalue weighted by atomic mass is 32.2. The Balaban J connectivity index is 1.92. The highest BCUT2D eigenvalue weighted by Gasteiger charge is 2.15. The van der Waals surface area contributed by atoms with E-state index in [1.807, 2.05) is 38.1 Å². The first-order chi connectivity index (χ1) is 12.3. The topological polar surface area (TPSA) is 84.5 Å². The van der Waals surface area contributed by atoms with Crippen LogP contribution in [-0.2, 0) is 10.0 Å². The van der Waals surface area contributed by atoms with Gasteiger partial charge in [0.25, 0.3) is 5.91 Å². The van der Waals surface area contributed by atoms with Gasteiger partial charge in [0.15, 0.2) is 0 Å². The van der Waals surface area contributed by atoms with Gasteiger partial charge in [-0.05, 0) is 55.8 Å². The van der Waals surface area contributed by atoms with E-state index in [1.54, 1.807) is 6.92 Å². The van der Waals surface area contributed by atoms with E-state index in [9.17, 15) is 13.2 Å². The Morgan fingerprint density at radius 3 is 2.46 bits per heavy atom. The second kappa shape index (κ2) is 8.82. The predicted molar refractivity (Wildman–Crippen MR) is 101 cm³/mol.